The van der Waals surface area contributed by atoms with Gasteiger partial charge in [0, 0.05) is 0 Å². The van der Waals surface area contributed by atoms with Crippen molar-refractivity contribution in [3.8, 4) is 6.07 Å². The maximum Gasteiger partial charge on any atom is 0.112 e. The lowest BCUT2D eigenvalue weighted by Crippen LogP contribution is -2.22. The average molecular weight is 292 g/mol. The van der Waals surface area contributed by atoms with E-state index in [9.17, 15) is 5.11 Å². The highest BCUT2D eigenvalue weighted by molar-refractivity contribution is 6.42. The number of nitriles is 1. The van der Waals surface area contributed by atoms with E-state index in [4.69, 9.17) is 28.5 Å². The van der Waals surface area contributed by atoms with Gasteiger partial charge >= 0.3 is 0 Å². The van der Waals surface area contributed by atoms with Crippen LogP contribution in [0.5, 0.6) is 0 Å². The Balaban J connectivity index is 2.51. The molecule has 96 valence electrons. The van der Waals surface area contributed by atoms with Crippen molar-refractivity contribution >= 4 is 23.2 Å². The number of benzene rings is 2. The van der Waals surface area contributed by atoms with Gasteiger partial charge in [-0.25, -0.2) is 0 Å². The summed E-state index contributed by atoms with van der Waals surface area (Å²) in [6.07, 6.45) is 0. The molecule has 0 aliphatic heterocycles. The van der Waals surface area contributed by atoms with E-state index >= 15 is 0 Å². The molecule has 2 rings (SSSR count). The number of hydrogen-bond acceptors (Lipinski definition) is 2. The third-order valence-corrected chi connectivity index (χ3v) is 3.77. The van der Waals surface area contributed by atoms with Crippen LogP contribution < -0.4 is 0 Å². The minimum atomic E-state index is -1.24. The van der Waals surface area contributed by atoms with Crippen molar-refractivity contribution in [2.24, 2.45) is 0 Å². The van der Waals surface area contributed by atoms with Crippen molar-refractivity contribution in [2.45, 2.75) is 12.5 Å². The molecule has 2 aromatic carbocycles. The Bertz CT molecular complexity index is 659. The Morgan fingerprint density at radius 3 is 2.37 bits per heavy atom. The quantitative estimate of drug-likeness (QED) is 0.904. The van der Waals surface area contributed by atoms with Crippen LogP contribution in [0.1, 0.15) is 23.6 Å². The highest BCUT2D eigenvalue weighted by atomic mass is 35.5. The Labute approximate surface area is 121 Å². The summed E-state index contributed by atoms with van der Waals surface area (Å²) in [5, 5.41) is 20.4. The molecule has 0 saturated carbocycles. The minimum Gasteiger partial charge on any atom is -0.381 e. The summed E-state index contributed by atoms with van der Waals surface area (Å²) in [4.78, 5) is 0. The zero-order chi connectivity index (χ0) is 14.0. The van der Waals surface area contributed by atoms with Gasteiger partial charge in [0.25, 0.3) is 0 Å². The van der Waals surface area contributed by atoms with E-state index in [1.807, 2.05) is 0 Å². The number of hydrogen-bond donors (Lipinski definition) is 1. The third kappa shape index (κ3) is 2.74. The van der Waals surface area contributed by atoms with Crippen molar-refractivity contribution in [2.75, 3.05) is 0 Å². The number of nitrogens with zero attached hydrogens (tertiary/aromatic N) is 1. The summed E-state index contributed by atoms with van der Waals surface area (Å²) < 4.78 is 0. The fraction of sp³-hybridized carbons (Fsp3) is 0.133. The van der Waals surface area contributed by atoms with Gasteiger partial charge in [-0.3, -0.25) is 0 Å². The Kier molecular flexibility index (Phi) is 3.82. The number of halogens is 2. The zero-order valence-electron chi connectivity index (χ0n) is 10.2. The van der Waals surface area contributed by atoms with Gasteiger partial charge in [-0.2, -0.15) is 5.26 Å². The summed E-state index contributed by atoms with van der Waals surface area (Å²) in [6.45, 7) is 1.66. The monoisotopic (exact) mass is 291 g/mol. The molecule has 0 heterocycles. The molecule has 0 saturated heterocycles. The first-order valence-corrected chi connectivity index (χ1v) is 6.39. The molecule has 0 aliphatic carbocycles. The summed E-state index contributed by atoms with van der Waals surface area (Å²) >= 11 is 11.8. The van der Waals surface area contributed by atoms with E-state index in [1.165, 1.54) is 0 Å². The summed E-state index contributed by atoms with van der Waals surface area (Å²) in [5.74, 6) is 0. The highest BCUT2D eigenvalue weighted by Crippen LogP contribution is 2.33. The summed E-state index contributed by atoms with van der Waals surface area (Å²) in [5.41, 5.74) is 0.515. The molecule has 2 nitrogen and oxygen atoms in total. The van der Waals surface area contributed by atoms with Crippen LogP contribution in [0.4, 0.5) is 0 Å². The van der Waals surface area contributed by atoms with Crippen molar-refractivity contribution < 1.29 is 5.11 Å². The fourth-order valence-corrected chi connectivity index (χ4v) is 2.16. The third-order valence-electron chi connectivity index (χ3n) is 3.04. The van der Waals surface area contributed by atoms with Crippen molar-refractivity contribution in [1.29, 1.82) is 5.26 Å². The second-order valence-electron chi connectivity index (χ2n) is 4.39. The molecule has 0 aliphatic rings. The van der Waals surface area contributed by atoms with Crippen LogP contribution in [0.15, 0.2) is 42.5 Å². The largest absolute Gasteiger partial charge is 0.381 e. The summed E-state index contributed by atoms with van der Waals surface area (Å²) in [7, 11) is 0. The standard InChI is InChI=1S/C15H11Cl2NO/c1-15(19,11-4-2-3-10(7-11)9-18)12-5-6-13(16)14(17)8-12/h2-8,19H,1H3. The van der Waals surface area contributed by atoms with E-state index in [0.717, 1.165) is 0 Å². The van der Waals surface area contributed by atoms with Crippen LogP contribution in [-0.4, -0.2) is 5.11 Å². The molecule has 19 heavy (non-hydrogen) atoms. The molecule has 0 amide bonds. The lowest BCUT2D eigenvalue weighted by atomic mass is 9.87. The van der Waals surface area contributed by atoms with Gasteiger partial charge in [-0.1, -0.05) is 41.4 Å². The predicted molar refractivity (Wildman–Crippen MR) is 76.3 cm³/mol. The van der Waals surface area contributed by atoms with Crippen molar-refractivity contribution in [3.63, 3.8) is 0 Å². The van der Waals surface area contributed by atoms with E-state index in [0.29, 0.717) is 26.7 Å². The second-order valence-corrected chi connectivity index (χ2v) is 5.21. The van der Waals surface area contributed by atoms with Crippen LogP contribution in [0.25, 0.3) is 0 Å². The molecule has 0 spiro atoms. The van der Waals surface area contributed by atoms with Gasteiger partial charge in [0.1, 0.15) is 5.60 Å². The predicted octanol–water partition coefficient (Wildman–Crippen LogP) is 4.12. The molecular weight excluding hydrogens is 281 g/mol. The molecule has 0 fully saturated rings. The van der Waals surface area contributed by atoms with E-state index < -0.39 is 5.60 Å². The van der Waals surface area contributed by atoms with Gasteiger partial charge in [0.15, 0.2) is 0 Å². The fourth-order valence-electron chi connectivity index (χ4n) is 1.86. The van der Waals surface area contributed by atoms with Crippen LogP contribution in [0, 0.1) is 11.3 Å². The van der Waals surface area contributed by atoms with Gasteiger partial charge in [0.2, 0.25) is 0 Å². The topological polar surface area (TPSA) is 44.0 Å². The summed E-state index contributed by atoms with van der Waals surface area (Å²) in [6, 6.07) is 13.9. The van der Waals surface area contributed by atoms with E-state index in [2.05, 4.69) is 6.07 Å². The molecular formula is C15H11Cl2NO. The first-order chi connectivity index (χ1) is 8.95. The molecule has 0 bridgehead atoms. The van der Waals surface area contributed by atoms with Crippen LogP contribution in [0.2, 0.25) is 10.0 Å². The van der Waals surface area contributed by atoms with Crippen molar-refractivity contribution in [3.05, 3.63) is 69.2 Å². The van der Waals surface area contributed by atoms with E-state index in [-0.39, 0.29) is 0 Å². The smallest absolute Gasteiger partial charge is 0.112 e. The maximum absolute atomic E-state index is 10.7. The molecule has 1 unspecified atom stereocenters. The highest BCUT2D eigenvalue weighted by Gasteiger charge is 2.26. The molecule has 4 heteroatoms. The first-order valence-electron chi connectivity index (χ1n) is 5.63. The number of rotatable bonds is 2. The molecule has 0 aromatic heterocycles. The molecule has 2 aromatic rings. The lowest BCUT2D eigenvalue weighted by Gasteiger charge is -2.25. The first kappa shape index (κ1) is 13.9. The van der Waals surface area contributed by atoms with Crippen molar-refractivity contribution in [1.82, 2.24) is 0 Å². The van der Waals surface area contributed by atoms with Gasteiger partial charge in [0.05, 0.1) is 21.7 Å². The van der Waals surface area contributed by atoms with E-state index in [1.54, 1.807) is 49.4 Å². The normalized spacial score (nSPS) is 13.6. The van der Waals surface area contributed by atoms with Gasteiger partial charge < -0.3 is 5.11 Å². The Morgan fingerprint density at radius 1 is 1.05 bits per heavy atom. The van der Waals surface area contributed by atoms with Crippen LogP contribution in [-0.2, 0) is 5.60 Å². The Morgan fingerprint density at radius 2 is 1.74 bits per heavy atom. The average Bonchev–Trinajstić information content (AvgIpc) is 2.41. The van der Waals surface area contributed by atoms with Crippen LogP contribution >= 0.6 is 23.2 Å². The maximum atomic E-state index is 10.7. The molecule has 0 radical (unpaired) electrons. The number of aliphatic hydroxyl groups is 1. The molecule has 1 atom stereocenters. The SMILES string of the molecule is CC(O)(c1cccc(C#N)c1)c1ccc(Cl)c(Cl)c1. The van der Waals surface area contributed by atoms with Crippen LogP contribution in [0.3, 0.4) is 0 Å². The lowest BCUT2D eigenvalue weighted by molar-refractivity contribution is 0.102. The Hall–Kier alpha value is -1.53. The van der Waals surface area contributed by atoms with Gasteiger partial charge in [-0.05, 0) is 42.3 Å². The second kappa shape index (κ2) is 5.22. The molecule has 1 N–H and O–H groups in total. The van der Waals surface area contributed by atoms with Gasteiger partial charge in [-0.15, -0.1) is 0 Å². The minimum absolute atomic E-state index is 0.385. The zero-order valence-corrected chi connectivity index (χ0v) is 11.7.